The van der Waals surface area contributed by atoms with E-state index in [-0.39, 0.29) is 0 Å². The zero-order chi connectivity index (χ0) is 21.6. The predicted octanol–water partition coefficient (Wildman–Crippen LogP) is 1.62. The Morgan fingerprint density at radius 1 is 1.03 bits per heavy atom. The Morgan fingerprint density at radius 3 is 2.28 bits per heavy atom. The predicted molar refractivity (Wildman–Crippen MR) is 98.0 cm³/mol. The second-order valence-electron chi connectivity index (χ2n) is 6.50. The van der Waals surface area contributed by atoms with Crippen molar-refractivity contribution in [1.82, 2.24) is 0 Å². The molecule has 7 nitrogen and oxygen atoms in total. The minimum absolute atomic E-state index is 0.377. The van der Waals surface area contributed by atoms with Crippen LogP contribution in [0.1, 0.15) is 23.6 Å². The number of sulfonamides is 1. The second-order valence-corrected chi connectivity index (χ2v) is 10.0. The SMILES string of the molecule is NS(=O)(=O)c1c(F)c(F)c(S(=O)(=O)CCO)c(NC2CCc3ccccc32)c1F. The highest BCUT2D eigenvalue weighted by molar-refractivity contribution is 7.91. The molecule has 12 heteroatoms. The van der Waals surface area contributed by atoms with Gasteiger partial charge in [-0.2, -0.15) is 0 Å². The van der Waals surface area contributed by atoms with Gasteiger partial charge < -0.3 is 10.4 Å². The van der Waals surface area contributed by atoms with Crippen LogP contribution in [0.4, 0.5) is 18.9 Å². The average Bonchev–Trinajstić information content (AvgIpc) is 3.01. The Morgan fingerprint density at radius 2 is 1.66 bits per heavy atom. The molecule has 1 aliphatic carbocycles. The van der Waals surface area contributed by atoms with Crippen LogP contribution in [0.15, 0.2) is 34.1 Å². The van der Waals surface area contributed by atoms with Crippen LogP contribution < -0.4 is 10.5 Å². The number of sulfone groups is 1. The number of hydrogen-bond donors (Lipinski definition) is 3. The van der Waals surface area contributed by atoms with Crippen LogP contribution in [0.5, 0.6) is 0 Å². The molecular formula is C17H17F3N2O5S2. The first kappa shape index (κ1) is 21.6. The number of benzene rings is 2. The van der Waals surface area contributed by atoms with Crippen LogP contribution in [-0.2, 0) is 26.3 Å². The molecule has 2 aromatic rings. The van der Waals surface area contributed by atoms with Crippen LogP contribution in [0.25, 0.3) is 0 Å². The number of halogens is 3. The van der Waals surface area contributed by atoms with Crippen molar-refractivity contribution in [1.29, 1.82) is 0 Å². The first-order valence-electron chi connectivity index (χ1n) is 8.40. The fourth-order valence-corrected chi connectivity index (χ4v) is 5.35. The molecule has 1 aliphatic rings. The second kappa shape index (κ2) is 7.59. The maximum absolute atomic E-state index is 15.0. The molecule has 0 heterocycles. The van der Waals surface area contributed by atoms with E-state index in [4.69, 9.17) is 10.2 Å². The summed E-state index contributed by atoms with van der Waals surface area (Å²) in [5.41, 5.74) is 0.529. The molecule has 1 unspecified atom stereocenters. The molecule has 2 aromatic carbocycles. The number of aliphatic hydroxyl groups excluding tert-OH is 1. The first-order chi connectivity index (χ1) is 13.5. The topological polar surface area (TPSA) is 127 Å². The van der Waals surface area contributed by atoms with Crippen molar-refractivity contribution in [2.24, 2.45) is 5.14 Å². The lowest BCUT2D eigenvalue weighted by Crippen LogP contribution is -2.23. The Balaban J connectivity index is 2.28. The molecule has 158 valence electrons. The van der Waals surface area contributed by atoms with Gasteiger partial charge in [0.15, 0.2) is 32.2 Å². The molecule has 0 amide bonds. The van der Waals surface area contributed by atoms with Gasteiger partial charge in [0.1, 0.15) is 4.90 Å². The average molecular weight is 450 g/mol. The van der Waals surface area contributed by atoms with Crippen LogP contribution in [0, 0.1) is 17.5 Å². The van der Waals surface area contributed by atoms with E-state index < -0.39 is 71.2 Å². The van der Waals surface area contributed by atoms with E-state index in [1.807, 2.05) is 0 Å². The highest BCUT2D eigenvalue weighted by atomic mass is 32.2. The van der Waals surface area contributed by atoms with E-state index in [1.54, 1.807) is 24.3 Å². The monoisotopic (exact) mass is 450 g/mol. The van der Waals surface area contributed by atoms with E-state index in [1.165, 1.54) is 0 Å². The number of hydrogen-bond acceptors (Lipinski definition) is 6. The maximum atomic E-state index is 15.0. The fraction of sp³-hybridized carbons (Fsp3) is 0.294. The molecule has 1 atom stereocenters. The summed E-state index contributed by atoms with van der Waals surface area (Å²) >= 11 is 0. The number of fused-ring (bicyclic) bond motifs is 1. The summed E-state index contributed by atoms with van der Waals surface area (Å²) in [4.78, 5) is -3.16. The summed E-state index contributed by atoms with van der Waals surface area (Å²) < 4.78 is 92.0. The number of aliphatic hydroxyl groups is 1. The Bertz CT molecular complexity index is 1180. The van der Waals surface area contributed by atoms with Crippen LogP contribution in [0.2, 0.25) is 0 Å². The van der Waals surface area contributed by atoms with Gasteiger partial charge in [0.25, 0.3) is 0 Å². The smallest absolute Gasteiger partial charge is 0.244 e. The lowest BCUT2D eigenvalue weighted by Gasteiger charge is -2.21. The largest absolute Gasteiger partial charge is 0.395 e. The summed E-state index contributed by atoms with van der Waals surface area (Å²) in [5, 5.41) is 16.3. The highest BCUT2D eigenvalue weighted by Gasteiger charge is 2.37. The Labute approximate surface area is 165 Å². The van der Waals surface area contributed by atoms with E-state index in [9.17, 15) is 25.6 Å². The van der Waals surface area contributed by atoms with Gasteiger partial charge in [-0.05, 0) is 24.0 Å². The summed E-state index contributed by atoms with van der Waals surface area (Å²) in [6, 6.07) is 6.29. The molecule has 0 fully saturated rings. The lowest BCUT2D eigenvalue weighted by molar-refractivity contribution is 0.319. The lowest BCUT2D eigenvalue weighted by atomic mass is 10.1. The molecule has 0 spiro atoms. The number of nitrogens with one attached hydrogen (secondary N) is 1. The van der Waals surface area contributed by atoms with Crippen molar-refractivity contribution >= 4 is 25.5 Å². The van der Waals surface area contributed by atoms with Gasteiger partial charge in [-0.15, -0.1) is 0 Å². The van der Waals surface area contributed by atoms with Gasteiger partial charge in [-0.25, -0.2) is 35.1 Å². The van der Waals surface area contributed by atoms with Crippen molar-refractivity contribution in [3.05, 3.63) is 52.8 Å². The maximum Gasteiger partial charge on any atom is 0.244 e. The molecule has 0 saturated heterocycles. The molecule has 4 N–H and O–H groups in total. The van der Waals surface area contributed by atoms with Crippen molar-refractivity contribution in [2.45, 2.75) is 28.7 Å². The Hall–Kier alpha value is -2.15. The standard InChI is InChI=1S/C17H17F3N2O5S2/c18-12-13(19)17(28(24,25)8-7-23)15(14(20)16(12)29(21,26)27)22-11-6-5-9-3-1-2-4-10(9)11/h1-4,11,22-23H,5-8H2,(H2,21,26,27). The van der Waals surface area contributed by atoms with E-state index >= 15 is 4.39 Å². The zero-order valence-electron chi connectivity index (χ0n) is 14.8. The summed E-state index contributed by atoms with van der Waals surface area (Å²) in [5.74, 6) is -7.18. The quantitative estimate of drug-likeness (QED) is 0.574. The third-order valence-electron chi connectivity index (χ3n) is 4.64. The number of aryl methyl sites for hydroxylation is 1. The van der Waals surface area contributed by atoms with Crippen molar-refractivity contribution in [3.8, 4) is 0 Å². The van der Waals surface area contributed by atoms with Crippen LogP contribution >= 0.6 is 0 Å². The van der Waals surface area contributed by atoms with Gasteiger partial charge >= 0.3 is 0 Å². The number of rotatable bonds is 6. The van der Waals surface area contributed by atoms with E-state index in [2.05, 4.69) is 5.32 Å². The van der Waals surface area contributed by atoms with Crippen molar-refractivity contribution < 1.29 is 35.1 Å². The van der Waals surface area contributed by atoms with Crippen LogP contribution in [0.3, 0.4) is 0 Å². The summed E-state index contributed by atoms with van der Waals surface area (Å²) in [7, 11) is -9.75. The molecule has 0 aliphatic heterocycles. The molecule has 0 bridgehead atoms. The van der Waals surface area contributed by atoms with Gasteiger partial charge in [0.05, 0.1) is 24.1 Å². The van der Waals surface area contributed by atoms with Crippen molar-refractivity contribution in [2.75, 3.05) is 17.7 Å². The summed E-state index contributed by atoms with van der Waals surface area (Å²) in [6.07, 6.45) is 0.932. The molecule has 0 aromatic heterocycles. The summed E-state index contributed by atoms with van der Waals surface area (Å²) in [6.45, 7) is -0.937. The molecule has 29 heavy (non-hydrogen) atoms. The van der Waals surface area contributed by atoms with Gasteiger partial charge in [-0.3, -0.25) is 0 Å². The number of anilines is 1. The molecular weight excluding hydrogens is 433 g/mol. The van der Waals surface area contributed by atoms with Crippen molar-refractivity contribution in [3.63, 3.8) is 0 Å². The minimum atomic E-state index is -5.05. The molecule has 0 radical (unpaired) electrons. The van der Waals surface area contributed by atoms with Crippen LogP contribution in [-0.4, -0.2) is 34.3 Å². The zero-order valence-corrected chi connectivity index (χ0v) is 16.5. The normalized spacial score (nSPS) is 16.7. The highest BCUT2D eigenvalue weighted by Crippen LogP contribution is 2.40. The van der Waals surface area contributed by atoms with Gasteiger partial charge in [0.2, 0.25) is 10.0 Å². The molecule has 3 rings (SSSR count). The fourth-order valence-electron chi connectivity index (χ4n) is 3.39. The van der Waals surface area contributed by atoms with E-state index in [0.29, 0.717) is 18.4 Å². The number of nitrogens with two attached hydrogens (primary N) is 1. The Kier molecular flexibility index (Phi) is 5.64. The number of primary sulfonamides is 1. The first-order valence-corrected chi connectivity index (χ1v) is 11.6. The van der Waals surface area contributed by atoms with Gasteiger partial charge in [-0.1, -0.05) is 24.3 Å². The van der Waals surface area contributed by atoms with E-state index in [0.717, 1.165) is 5.56 Å². The third kappa shape index (κ3) is 3.84. The third-order valence-corrected chi connectivity index (χ3v) is 7.30. The minimum Gasteiger partial charge on any atom is -0.395 e. The van der Waals surface area contributed by atoms with Gasteiger partial charge in [0, 0.05) is 0 Å². The molecule has 0 saturated carbocycles.